The maximum atomic E-state index is 13.0. The van der Waals surface area contributed by atoms with Crippen molar-refractivity contribution in [3.63, 3.8) is 0 Å². The Hall–Kier alpha value is -2.46. The van der Waals surface area contributed by atoms with E-state index < -0.39 is 97.5 Å². The largest absolute Gasteiger partial charge is 0.472 e. The maximum absolute atomic E-state index is 13.0. The number of aliphatic hydroxyl groups excluding tert-OH is 1. The quantitative estimate of drug-likeness (QED) is 0.0169. The van der Waals surface area contributed by atoms with Crippen molar-refractivity contribution in [1.29, 1.82) is 0 Å². The highest BCUT2D eigenvalue weighted by Crippen LogP contribution is 2.45. The van der Waals surface area contributed by atoms with E-state index >= 15 is 0 Å². The fourth-order valence-electron chi connectivity index (χ4n) is 10.6. The summed E-state index contributed by atoms with van der Waals surface area (Å²) in [5.41, 5.74) is 0. The van der Waals surface area contributed by atoms with Crippen LogP contribution in [0.5, 0.6) is 0 Å². The summed E-state index contributed by atoms with van der Waals surface area (Å²) < 4.78 is 68.3. The number of ether oxygens (including phenoxy) is 4. The summed E-state index contributed by atoms with van der Waals surface area (Å²) in [6.45, 7) is 9.47. The van der Waals surface area contributed by atoms with E-state index in [2.05, 4.69) is 65.8 Å². The first-order valence-corrected chi connectivity index (χ1v) is 40.3. The van der Waals surface area contributed by atoms with E-state index in [0.717, 1.165) is 127 Å². The van der Waals surface area contributed by atoms with Crippen LogP contribution < -0.4 is 0 Å². The summed E-state index contributed by atoms with van der Waals surface area (Å²) in [6.07, 6.45) is 53.6. The predicted octanol–water partition coefficient (Wildman–Crippen LogP) is 20.7. The van der Waals surface area contributed by atoms with Crippen LogP contribution in [-0.4, -0.2) is 96.7 Å². The Morgan fingerprint density at radius 1 is 0.337 bits per heavy atom. The smallest absolute Gasteiger partial charge is 0.462 e. The highest BCUT2D eigenvalue weighted by Gasteiger charge is 2.30. The topological polar surface area (TPSA) is 237 Å². The third kappa shape index (κ3) is 66.2. The van der Waals surface area contributed by atoms with E-state index in [1.165, 1.54) is 141 Å². The molecule has 3 N–H and O–H groups in total. The number of allylic oxidation sites excluding steroid dienone is 4. The average molecular weight is 1350 g/mol. The predicted molar refractivity (Wildman–Crippen MR) is 372 cm³/mol. The van der Waals surface area contributed by atoms with Gasteiger partial charge in [0.05, 0.1) is 26.4 Å². The van der Waals surface area contributed by atoms with Gasteiger partial charge in [-0.2, -0.15) is 0 Å². The minimum atomic E-state index is -4.96. The van der Waals surface area contributed by atoms with Gasteiger partial charge in [0, 0.05) is 25.7 Å². The number of hydrogen-bond acceptors (Lipinski definition) is 15. The number of esters is 4. The summed E-state index contributed by atoms with van der Waals surface area (Å²) in [7, 11) is -9.91. The second kappa shape index (κ2) is 64.5. The lowest BCUT2D eigenvalue weighted by Gasteiger charge is -2.21. The van der Waals surface area contributed by atoms with Gasteiger partial charge < -0.3 is 33.8 Å². The van der Waals surface area contributed by atoms with Crippen LogP contribution in [-0.2, 0) is 65.4 Å². The van der Waals surface area contributed by atoms with Crippen LogP contribution in [0.15, 0.2) is 24.3 Å². The zero-order chi connectivity index (χ0) is 67.9. The molecule has 0 aromatic rings. The van der Waals surface area contributed by atoms with Crippen molar-refractivity contribution in [2.24, 2.45) is 11.8 Å². The summed E-state index contributed by atoms with van der Waals surface area (Å²) in [5, 5.41) is 10.6. The van der Waals surface area contributed by atoms with Crippen LogP contribution in [0.1, 0.15) is 350 Å². The Bertz CT molecular complexity index is 1880. The molecule has 0 aliphatic carbocycles. The summed E-state index contributed by atoms with van der Waals surface area (Å²) in [6, 6.07) is 0. The third-order valence-electron chi connectivity index (χ3n) is 16.3. The molecule has 5 atom stereocenters. The fourth-order valence-corrected chi connectivity index (χ4v) is 12.2. The van der Waals surface area contributed by atoms with Gasteiger partial charge in [-0.25, -0.2) is 9.13 Å². The van der Waals surface area contributed by atoms with E-state index in [4.69, 9.17) is 37.0 Å². The summed E-state index contributed by atoms with van der Waals surface area (Å²) in [4.78, 5) is 72.6. The molecule has 0 heterocycles. The second-order valence-corrected chi connectivity index (χ2v) is 29.5. The van der Waals surface area contributed by atoms with Gasteiger partial charge in [-0.3, -0.25) is 37.3 Å². The van der Waals surface area contributed by atoms with Gasteiger partial charge in [0.25, 0.3) is 0 Å². The first kappa shape index (κ1) is 89.5. The first-order chi connectivity index (χ1) is 44.4. The number of phosphoric ester groups is 2. The van der Waals surface area contributed by atoms with Crippen molar-refractivity contribution in [1.82, 2.24) is 0 Å². The van der Waals surface area contributed by atoms with Crippen molar-refractivity contribution in [2.45, 2.75) is 368 Å². The lowest BCUT2D eigenvalue weighted by molar-refractivity contribution is -0.161. The molecule has 19 heteroatoms. The monoisotopic (exact) mass is 1350 g/mol. The molecular weight excluding hydrogens is 1210 g/mol. The molecule has 0 radical (unpaired) electrons. The molecule has 0 bridgehead atoms. The van der Waals surface area contributed by atoms with Crippen molar-refractivity contribution in [3.05, 3.63) is 24.3 Å². The molecule has 2 unspecified atom stereocenters. The van der Waals surface area contributed by atoms with E-state index in [0.29, 0.717) is 25.7 Å². The molecular formula is C73H138O17P2. The zero-order valence-electron chi connectivity index (χ0n) is 59.3. The molecule has 0 aliphatic rings. The highest BCUT2D eigenvalue weighted by atomic mass is 31.2. The van der Waals surface area contributed by atoms with Gasteiger partial charge in [-0.1, -0.05) is 297 Å². The number of unbranched alkanes of at least 4 members (excludes halogenated alkanes) is 37. The van der Waals surface area contributed by atoms with Gasteiger partial charge in [-0.05, 0) is 63.2 Å². The Morgan fingerprint density at radius 3 is 0.891 bits per heavy atom. The highest BCUT2D eigenvalue weighted by molar-refractivity contribution is 7.47. The molecule has 0 saturated heterocycles. The van der Waals surface area contributed by atoms with Gasteiger partial charge in [0.2, 0.25) is 0 Å². The first-order valence-electron chi connectivity index (χ1n) is 37.3. The molecule has 0 aromatic heterocycles. The Morgan fingerprint density at radius 2 is 0.587 bits per heavy atom. The molecule has 92 heavy (non-hydrogen) atoms. The maximum Gasteiger partial charge on any atom is 0.472 e. The molecule has 0 aromatic carbocycles. The van der Waals surface area contributed by atoms with E-state index in [1.807, 2.05) is 0 Å². The minimum Gasteiger partial charge on any atom is -0.462 e. The fraction of sp³-hybridized carbons (Fsp3) is 0.890. The van der Waals surface area contributed by atoms with Crippen LogP contribution in [0.25, 0.3) is 0 Å². The zero-order valence-corrected chi connectivity index (χ0v) is 61.1. The van der Waals surface area contributed by atoms with Crippen molar-refractivity contribution >= 4 is 39.5 Å². The van der Waals surface area contributed by atoms with Crippen LogP contribution in [0.3, 0.4) is 0 Å². The Labute approximate surface area is 561 Å². The van der Waals surface area contributed by atoms with E-state index in [1.54, 1.807) is 0 Å². The van der Waals surface area contributed by atoms with Gasteiger partial charge in [-0.15, -0.1) is 0 Å². The van der Waals surface area contributed by atoms with Gasteiger partial charge in [0.15, 0.2) is 12.2 Å². The van der Waals surface area contributed by atoms with Crippen LogP contribution in [0.4, 0.5) is 0 Å². The number of carbonyl (C=O) groups excluding carboxylic acids is 4. The molecule has 0 amide bonds. The molecule has 0 rings (SSSR count). The molecule has 0 aliphatic heterocycles. The van der Waals surface area contributed by atoms with Crippen molar-refractivity contribution < 1.29 is 80.2 Å². The molecule has 542 valence electrons. The lowest BCUT2D eigenvalue weighted by Crippen LogP contribution is -2.30. The minimum absolute atomic E-state index is 0.100. The number of hydrogen-bond donors (Lipinski definition) is 3. The number of rotatable bonds is 70. The summed E-state index contributed by atoms with van der Waals surface area (Å²) in [5.74, 6) is -0.625. The van der Waals surface area contributed by atoms with E-state index in [9.17, 15) is 43.2 Å². The second-order valence-electron chi connectivity index (χ2n) is 26.6. The molecule has 0 spiro atoms. The Balaban J connectivity index is 5.26. The molecule has 0 saturated carbocycles. The third-order valence-corrected chi connectivity index (χ3v) is 18.2. The van der Waals surface area contributed by atoms with Crippen LogP contribution in [0.2, 0.25) is 0 Å². The normalized spacial score (nSPS) is 14.2. The number of phosphoric acid groups is 2. The SMILES string of the molecule is CCCCCC/C=C\C=C/CCCCCCCC(=O)OC[C@H](COP(=O)(O)OC[C@@H](O)COP(=O)(O)OC[C@@H](COC(=O)CCCCCCCCCC)OC(=O)CCCCCCCCCCCC(C)C)OC(=O)CCCCCCCCCCCCCCCCC(C)C. The standard InChI is InChI=1S/C73H138O17P2/c1-7-9-11-13-15-17-18-19-20-24-27-32-38-44-50-56-71(76)84-62-69(89-72(77)57-51-45-39-33-28-25-22-21-23-26-30-35-41-47-53-65(3)4)64-88-92(81,82)86-60-67(74)59-85-91(79,80)87-63-68(61-83-70(75)55-49-43-37-16-14-12-10-8-2)90-73(78)58-52-46-40-34-29-31-36-42-48-54-66(5)6/h17-20,65-69,74H,7-16,21-64H2,1-6H3,(H,79,80)(H,81,82)/b18-17-,20-19-/t67-,68+,69+/m0/s1. The van der Waals surface area contributed by atoms with Gasteiger partial charge >= 0.3 is 39.5 Å². The van der Waals surface area contributed by atoms with Crippen molar-refractivity contribution in [3.8, 4) is 0 Å². The van der Waals surface area contributed by atoms with E-state index in [-0.39, 0.29) is 25.7 Å². The molecule has 0 fully saturated rings. The Kier molecular flexibility index (Phi) is 62.8. The summed E-state index contributed by atoms with van der Waals surface area (Å²) >= 11 is 0. The lowest BCUT2D eigenvalue weighted by atomic mass is 10.0. The number of aliphatic hydroxyl groups is 1. The van der Waals surface area contributed by atoms with Crippen molar-refractivity contribution in [2.75, 3.05) is 39.6 Å². The average Bonchev–Trinajstić information content (AvgIpc) is 1.87. The van der Waals surface area contributed by atoms with Crippen LogP contribution >= 0.6 is 15.6 Å². The van der Waals surface area contributed by atoms with Crippen LogP contribution in [0, 0.1) is 11.8 Å². The molecule has 17 nitrogen and oxygen atoms in total. The number of carbonyl (C=O) groups is 4. The van der Waals surface area contributed by atoms with Gasteiger partial charge in [0.1, 0.15) is 19.3 Å².